The lowest BCUT2D eigenvalue weighted by atomic mass is 10.1. The average molecular weight is 353 g/mol. The molecule has 0 aromatic heterocycles. The lowest BCUT2D eigenvalue weighted by Crippen LogP contribution is -2.48. The summed E-state index contributed by atoms with van der Waals surface area (Å²) in [5.41, 5.74) is -0.248. The van der Waals surface area contributed by atoms with Crippen LogP contribution in [-0.2, 0) is 14.3 Å². The topological polar surface area (TPSA) is 79.0 Å². The molecule has 25 heavy (non-hydrogen) atoms. The van der Waals surface area contributed by atoms with E-state index in [4.69, 9.17) is 4.74 Å². The molecule has 0 aliphatic carbocycles. The number of Topliss-reactive ketones (excluding diaryl/α,β-unsaturated/α-hetero) is 1. The van der Waals surface area contributed by atoms with Gasteiger partial charge in [-0.15, -0.1) is 0 Å². The van der Waals surface area contributed by atoms with Gasteiger partial charge in [-0.25, -0.2) is 13.6 Å². The Labute approximate surface area is 142 Å². The van der Waals surface area contributed by atoms with Crippen molar-refractivity contribution in [2.75, 3.05) is 36.0 Å². The summed E-state index contributed by atoms with van der Waals surface area (Å²) in [7, 11) is 0. The molecule has 2 fully saturated rings. The summed E-state index contributed by atoms with van der Waals surface area (Å²) < 4.78 is 33.6. The molecule has 1 aromatic carbocycles. The van der Waals surface area contributed by atoms with Gasteiger partial charge in [-0.3, -0.25) is 14.5 Å². The number of halogens is 2. The van der Waals surface area contributed by atoms with Crippen molar-refractivity contribution in [1.82, 2.24) is 5.32 Å². The first-order valence-corrected chi connectivity index (χ1v) is 7.89. The van der Waals surface area contributed by atoms with Gasteiger partial charge in [0.2, 0.25) is 5.91 Å². The Morgan fingerprint density at radius 2 is 1.92 bits per heavy atom. The Kier molecular flexibility index (Phi) is 4.56. The van der Waals surface area contributed by atoms with Gasteiger partial charge < -0.3 is 15.0 Å². The zero-order valence-corrected chi connectivity index (χ0v) is 13.6. The summed E-state index contributed by atoms with van der Waals surface area (Å²) in [6.07, 6.45) is -1.02. The number of ether oxygens (including phenoxy) is 1. The van der Waals surface area contributed by atoms with Crippen LogP contribution in [0.5, 0.6) is 0 Å². The minimum Gasteiger partial charge on any atom is -0.442 e. The fourth-order valence-electron chi connectivity index (χ4n) is 2.74. The Hall–Kier alpha value is -2.71. The number of cyclic esters (lactones) is 1. The van der Waals surface area contributed by atoms with Crippen LogP contribution in [0.2, 0.25) is 0 Å². The summed E-state index contributed by atoms with van der Waals surface area (Å²) >= 11 is 0. The van der Waals surface area contributed by atoms with E-state index in [1.165, 1.54) is 4.90 Å². The average Bonchev–Trinajstić information content (AvgIpc) is 2.91. The number of carbonyl (C=O) groups is 3. The molecule has 2 saturated heterocycles. The van der Waals surface area contributed by atoms with Gasteiger partial charge in [0.05, 0.1) is 31.9 Å². The fourth-order valence-corrected chi connectivity index (χ4v) is 2.74. The number of carbonyl (C=O) groups excluding carboxylic acids is 3. The number of hydrogen-bond acceptors (Lipinski definition) is 5. The van der Waals surface area contributed by atoms with E-state index in [0.717, 1.165) is 17.0 Å². The minimum atomic E-state index is -0.849. The molecule has 1 N–H and O–H groups in total. The molecule has 1 atom stereocenters. The number of nitrogens with zero attached hydrogens (tertiary/aromatic N) is 2. The second-order valence-electron chi connectivity index (χ2n) is 5.93. The van der Waals surface area contributed by atoms with Gasteiger partial charge in [-0.05, 0) is 0 Å². The van der Waals surface area contributed by atoms with Gasteiger partial charge in [0.1, 0.15) is 11.8 Å². The molecule has 2 amide bonds. The van der Waals surface area contributed by atoms with Crippen LogP contribution >= 0.6 is 0 Å². The van der Waals surface area contributed by atoms with Crippen LogP contribution in [0.25, 0.3) is 0 Å². The third-order valence-electron chi connectivity index (χ3n) is 4.09. The van der Waals surface area contributed by atoms with Gasteiger partial charge >= 0.3 is 6.09 Å². The predicted molar refractivity (Wildman–Crippen MR) is 84.5 cm³/mol. The van der Waals surface area contributed by atoms with Crippen molar-refractivity contribution in [2.24, 2.45) is 0 Å². The number of ketones is 1. The highest BCUT2D eigenvalue weighted by Gasteiger charge is 2.35. The van der Waals surface area contributed by atoms with Crippen LogP contribution < -0.4 is 15.1 Å². The van der Waals surface area contributed by atoms with Crippen molar-refractivity contribution in [3.63, 3.8) is 0 Å². The number of benzene rings is 1. The van der Waals surface area contributed by atoms with E-state index in [-0.39, 0.29) is 49.2 Å². The number of nitrogens with one attached hydrogen (secondary N) is 1. The van der Waals surface area contributed by atoms with Gasteiger partial charge in [0.15, 0.2) is 17.4 Å². The Morgan fingerprint density at radius 3 is 2.48 bits per heavy atom. The number of rotatable bonds is 5. The molecular weight excluding hydrogens is 336 g/mol. The maximum atomic E-state index is 14.3. The molecule has 2 aliphatic rings. The van der Waals surface area contributed by atoms with Gasteiger partial charge in [0.25, 0.3) is 0 Å². The van der Waals surface area contributed by atoms with Crippen molar-refractivity contribution in [3.8, 4) is 0 Å². The van der Waals surface area contributed by atoms with Crippen LogP contribution in [0.4, 0.5) is 25.0 Å². The largest absolute Gasteiger partial charge is 0.442 e. The molecule has 7 nitrogen and oxygen atoms in total. The van der Waals surface area contributed by atoms with E-state index in [9.17, 15) is 23.2 Å². The maximum absolute atomic E-state index is 14.3. The van der Waals surface area contributed by atoms with Crippen molar-refractivity contribution >= 4 is 29.2 Å². The first-order valence-electron chi connectivity index (χ1n) is 7.89. The molecular formula is C16H17F2N3O4. The van der Waals surface area contributed by atoms with Crippen molar-refractivity contribution in [2.45, 2.75) is 19.4 Å². The van der Waals surface area contributed by atoms with Crippen molar-refractivity contribution in [1.29, 1.82) is 0 Å². The summed E-state index contributed by atoms with van der Waals surface area (Å²) in [5, 5.41) is 2.60. The predicted octanol–water partition coefficient (Wildman–Crippen LogP) is 1.21. The van der Waals surface area contributed by atoms with Gasteiger partial charge in [-0.1, -0.05) is 6.92 Å². The van der Waals surface area contributed by atoms with E-state index >= 15 is 0 Å². The summed E-state index contributed by atoms with van der Waals surface area (Å²) in [5.74, 6) is -1.97. The molecule has 0 unspecified atom stereocenters. The van der Waals surface area contributed by atoms with Gasteiger partial charge in [-0.2, -0.15) is 0 Å². The second-order valence-corrected chi connectivity index (χ2v) is 5.93. The number of anilines is 2. The van der Waals surface area contributed by atoms with E-state index in [1.807, 2.05) is 0 Å². The monoisotopic (exact) mass is 353 g/mol. The first kappa shape index (κ1) is 17.1. The fraction of sp³-hybridized carbons (Fsp3) is 0.438. The number of amides is 2. The third-order valence-corrected chi connectivity index (χ3v) is 4.09. The van der Waals surface area contributed by atoms with E-state index in [2.05, 4.69) is 5.32 Å². The highest BCUT2D eigenvalue weighted by molar-refractivity contribution is 5.96. The van der Waals surface area contributed by atoms with E-state index < -0.39 is 23.8 Å². The highest BCUT2D eigenvalue weighted by atomic mass is 19.1. The van der Waals surface area contributed by atoms with E-state index in [1.54, 1.807) is 6.92 Å². The van der Waals surface area contributed by atoms with Crippen molar-refractivity contribution < 1.29 is 27.9 Å². The van der Waals surface area contributed by atoms with Gasteiger partial charge in [0, 0.05) is 18.6 Å². The van der Waals surface area contributed by atoms with Crippen LogP contribution in [0.15, 0.2) is 12.1 Å². The molecule has 0 spiro atoms. The molecule has 0 bridgehead atoms. The second kappa shape index (κ2) is 6.66. The molecule has 2 heterocycles. The number of hydrogen-bond donors (Lipinski definition) is 1. The Balaban J connectivity index is 1.72. The first-order chi connectivity index (χ1) is 11.9. The maximum Gasteiger partial charge on any atom is 0.414 e. The molecule has 134 valence electrons. The molecule has 0 radical (unpaired) electrons. The van der Waals surface area contributed by atoms with E-state index in [0.29, 0.717) is 6.42 Å². The van der Waals surface area contributed by atoms with Crippen LogP contribution in [-0.4, -0.2) is 50.1 Å². The lowest BCUT2D eigenvalue weighted by Gasteiger charge is -2.32. The zero-order chi connectivity index (χ0) is 18.1. The molecule has 2 aliphatic heterocycles. The molecule has 0 saturated carbocycles. The van der Waals surface area contributed by atoms with Crippen LogP contribution in [0.3, 0.4) is 0 Å². The molecule has 1 aromatic rings. The van der Waals surface area contributed by atoms with Crippen LogP contribution in [0.1, 0.15) is 13.3 Å². The zero-order valence-electron chi connectivity index (χ0n) is 13.6. The molecule has 3 rings (SSSR count). The third kappa shape index (κ3) is 3.40. The van der Waals surface area contributed by atoms with Crippen LogP contribution in [0, 0.1) is 11.6 Å². The Bertz CT molecular complexity index is 709. The Morgan fingerprint density at radius 1 is 1.28 bits per heavy atom. The highest BCUT2D eigenvalue weighted by Crippen LogP contribution is 2.32. The summed E-state index contributed by atoms with van der Waals surface area (Å²) in [6.45, 7) is 1.84. The molecule has 9 heteroatoms. The standard InChI is InChI=1S/C16H17F2N3O4/c1-2-14(23)19-5-11-8-21(16(24)25-11)9-3-12(17)15(13(18)4-9)20-6-10(22)7-20/h3-4,11H,2,5-8H2,1H3,(H,19,23)/t11-/m0/s1. The normalized spacial score (nSPS) is 19.7. The lowest BCUT2D eigenvalue weighted by molar-refractivity contribution is -0.121. The SMILES string of the molecule is CCC(=O)NC[C@H]1CN(c2cc(F)c(N3CC(=O)C3)c(F)c2)C(=O)O1. The smallest absolute Gasteiger partial charge is 0.414 e. The summed E-state index contributed by atoms with van der Waals surface area (Å²) in [4.78, 5) is 36.6. The van der Waals surface area contributed by atoms with Crippen molar-refractivity contribution in [3.05, 3.63) is 23.8 Å². The minimum absolute atomic E-state index is 0.0277. The quantitative estimate of drug-likeness (QED) is 0.861. The summed E-state index contributed by atoms with van der Waals surface area (Å²) in [6, 6.07) is 2.07.